The number of hydrogen-bond donors (Lipinski definition) is 0. The van der Waals surface area contributed by atoms with Crippen LogP contribution in [-0.4, -0.2) is 73.2 Å². The zero-order valence-electron chi connectivity index (χ0n) is 13.3. The SMILES string of the molecule is COP(CCC(C)(C)N(Cl)Cl)N(C)CC[N+](C)(C)C. The van der Waals surface area contributed by atoms with Gasteiger partial charge in [0.25, 0.3) is 0 Å². The van der Waals surface area contributed by atoms with Crippen LogP contribution in [0, 0.1) is 0 Å². The maximum absolute atomic E-state index is 5.85. The van der Waals surface area contributed by atoms with Crippen molar-refractivity contribution in [3.63, 3.8) is 0 Å². The van der Waals surface area contributed by atoms with Crippen LogP contribution in [0.3, 0.4) is 0 Å². The topological polar surface area (TPSA) is 15.7 Å². The molecule has 0 bridgehead atoms. The highest BCUT2D eigenvalue weighted by atomic mass is 35.5. The maximum atomic E-state index is 5.85. The Balaban J connectivity index is 4.27. The Kier molecular flexibility index (Phi) is 8.70. The summed E-state index contributed by atoms with van der Waals surface area (Å²) in [6.07, 6.45) is 1.86. The molecule has 7 heteroatoms. The maximum Gasteiger partial charge on any atom is 0.103 e. The molecular formula is C12H29Cl2N3OP+. The Morgan fingerprint density at radius 2 is 1.74 bits per heavy atom. The average Bonchev–Trinajstić information content (AvgIpc) is 2.25. The molecule has 0 spiro atoms. The number of nitrogens with zero attached hydrogens (tertiary/aromatic N) is 3. The molecule has 0 radical (unpaired) electrons. The van der Waals surface area contributed by atoms with Gasteiger partial charge in [0, 0.05) is 18.8 Å². The van der Waals surface area contributed by atoms with E-state index in [9.17, 15) is 0 Å². The molecule has 0 amide bonds. The summed E-state index contributed by atoms with van der Waals surface area (Å²) in [5, 5.41) is 0. The van der Waals surface area contributed by atoms with E-state index in [1.165, 1.54) is 3.94 Å². The van der Waals surface area contributed by atoms with Crippen molar-refractivity contribution in [1.82, 2.24) is 8.61 Å². The van der Waals surface area contributed by atoms with Gasteiger partial charge in [-0.25, -0.2) is 0 Å². The highest BCUT2D eigenvalue weighted by Gasteiger charge is 2.27. The Labute approximate surface area is 130 Å². The molecule has 0 saturated heterocycles. The van der Waals surface area contributed by atoms with E-state index in [2.05, 4.69) is 32.9 Å². The van der Waals surface area contributed by atoms with Crippen LogP contribution in [-0.2, 0) is 4.52 Å². The van der Waals surface area contributed by atoms with Crippen LogP contribution >= 0.6 is 31.9 Å². The summed E-state index contributed by atoms with van der Waals surface area (Å²) < 4.78 is 10.1. The third-order valence-corrected chi connectivity index (χ3v) is 5.96. The largest absolute Gasteiger partial charge is 0.347 e. The summed E-state index contributed by atoms with van der Waals surface area (Å²) >= 11 is 11.7. The number of rotatable bonds is 9. The molecule has 0 aromatic carbocycles. The Morgan fingerprint density at radius 3 is 2.11 bits per heavy atom. The summed E-state index contributed by atoms with van der Waals surface area (Å²) in [7, 11) is 9.92. The predicted molar refractivity (Wildman–Crippen MR) is 86.6 cm³/mol. The van der Waals surface area contributed by atoms with E-state index < -0.39 is 8.30 Å². The first-order valence-corrected chi connectivity index (χ1v) is 8.52. The van der Waals surface area contributed by atoms with E-state index in [1.807, 2.05) is 13.8 Å². The van der Waals surface area contributed by atoms with Gasteiger partial charge in [0.1, 0.15) is 8.30 Å². The van der Waals surface area contributed by atoms with Gasteiger partial charge in [-0.1, -0.05) is 0 Å². The van der Waals surface area contributed by atoms with Gasteiger partial charge in [0.15, 0.2) is 0 Å². The second-order valence-electron chi connectivity index (χ2n) is 6.45. The van der Waals surface area contributed by atoms with Gasteiger partial charge in [-0.3, -0.25) is 4.67 Å². The standard InChI is InChI=1S/C12H29Cl2N3OP/c1-12(2,16(13)14)8-11-19(18-7)15(3)9-10-17(4,5)6/h8-11H2,1-7H3/q+1. The smallest absolute Gasteiger partial charge is 0.103 e. The van der Waals surface area contributed by atoms with E-state index in [0.717, 1.165) is 30.2 Å². The molecule has 19 heavy (non-hydrogen) atoms. The fourth-order valence-electron chi connectivity index (χ4n) is 1.41. The van der Waals surface area contributed by atoms with Crippen LogP contribution in [0.2, 0.25) is 0 Å². The minimum Gasteiger partial charge on any atom is -0.347 e. The van der Waals surface area contributed by atoms with Crippen LogP contribution in [0.4, 0.5) is 0 Å². The molecule has 0 aliphatic heterocycles. The summed E-state index contributed by atoms with van der Waals surface area (Å²) in [5.41, 5.74) is -0.233. The van der Waals surface area contributed by atoms with Crippen molar-refractivity contribution in [1.29, 1.82) is 0 Å². The first-order chi connectivity index (χ1) is 8.49. The summed E-state index contributed by atoms with van der Waals surface area (Å²) in [4.78, 5) is 0. The zero-order chi connectivity index (χ0) is 15.3. The van der Waals surface area contributed by atoms with Gasteiger partial charge >= 0.3 is 0 Å². The van der Waals surface area contributed by atoms with Crippen LogP contribution < -0.4 is 0 Å². The fraction of sp³-hybridized carbons (Fsp3) is 1.00. The van der Waals surface area contributed by atoms with Gasteiger partial charge in [-0.2, -0.15) is 0 Å². The molecule has 1 unspecified atom stereocenters. The van der Waals surface area contributed by atoms with Gasteiger partial charge in [0.2, 0.25) is 0 Å². The molecule has 0 saturated carbocycles. The molecular weight excluding hydrogens is 304 g/mol. The van der Waals surface area contributed by atoms with Crippen molar-refractivity contribution < 1.29 is 9.01 Å². The molecule has 0 aliphatic rings. The molecule has 1 atom stereocenters. The van der Waals surface area contributed by atoms with Crippen LogP contribution in [0.1, 0.15) is 20.3 Å². The lowest BCUT2D eigenvalue weighted by molar-refractivity contribution is -0.869. The summed E-state index contributed by atoms with van der Waals surface area (Å²) in [5.74, 6) is 0. The van der Waals surface area contributed by atoms with Crippen molar-refractivity contribution in [2.75, 3.05) is 54.6 Å². The molecule has 0 rings (SSSR count). The molecule has 0 fully saturated rings. The quantitative estimate of drug-likeness (QED) is 0.366. The first kappa shape index (κ1) is 19.9. The molecule has 0 heterocycles. The minimum atomic E-state index is -0.582. The van der Waals surface area contributed by atoms with E-state index in [4.69, 9.17) is 28.1 Å². The average molecular weight is 333 g/mol. The molecule has 0 aliphatic carbocycles. The monoisotopic (exact) mass is 332 g/mol. The Bertz CT molecular complexity index is 260. The third kappa shape index (κ3) is 8.67. The minimum absolute atomic E-state index is 0.233. The van der Waals surface area contributed by atoms with Gasteiger partial charge < -0.3 is 9.01 Å². The Hall–Kier alpha value is 0.850. The van der Waals surface area contributed by atoms with E-state index >= 15 is 0 Å². The third-order valence-electron chi connectivity index (χ3n) is 3.06. The lowest BCUT2D eigenvalue weighted by Crippen LogP contribution is -2.40. The zero-order valence-corrected chi connectivity index (χ0v) is 15.7. The highest BCUT2D eigenvalue weighted by molar-refractivity contribution is 7.49. The van der Waals surface area contributed by atoms with Gasteiger partial charge in [-0.05, 0) is 50.9 Å². The lowest BCUT2D eigenvalue weighted by Gasteiger charge is -2.33. The van der Waals surface area contributed by atoms with E-state index in [0.29, 0.717) is 0 Å². The van der Waals surface area contributed by atoms with Crippen LogP contribution in [0.15, 0.2) is 0 Å². The summed E-state index contributed by atoms with van der Waals surface area (Å²) in [6.45, 7) is 6.18. The molecule has 0 aromatic heterocycles. The first-order valence-electron chi connectivity index (χ1n) is 6.44. The molecule has 0 aromatic rings. The fourth-order valence-corrected chi connectivity index (χ4v) is 3.43. The van der Waals surface area contributed by atoms with Crippen molar-refractivity contribution in [3.05, 3.63) is 0 Å². The van der Waals surface area contributed by atoms with Crippen LogP contribution in [0.25, 0.3) is 0 Å². The van der Waals surface area contributed by atoms with E-state index in [-0.39, 0.29) is 5.54 Å². The second-order valence-corrected chi connectivity index (χ2v) is 9.50. The van der Waals surface area contributed by atoms with Gasteiger partial charge in [-0.15, -0.1) is 3.94 Å². The number of hydrogen-bond acceptors (Lipinski definition) is 3. The van der Waals surface area contributed by atoms with Gasteiger partial charge in [0.05, 0.1) is 34.2 Å². The molecule has 0 N–H and O–H groups in total. The van der Waals surface area contributed by atoms with Crippen molar-refractivity contribution >= 4 is 31.9 Å². The lowest BCUT2D eigenvalue weighted by atomic mass is 10.0. The molecule has 116 valence electrons. The van der Waals surface area contributed by atoms with E-state index in [1.54, 1.807) is 7.11 Å². The normalized spacial score (nSPS) is 15.3. The molecule has 4 nitrogen and oxygen atoms in total. The summed E-state index contributed by atoms with van der Waals surface area (Å²) in [6, 6.07) is 0. The second kappa shape index (κ2) is 8.33. The predicted octanol–water partition coefficient (Wildman–Crippen LogP) is 3.36. The number of quaternary nitrogens is 1. The number of halogens is 2. The van der Waals surface area contributed by atoms with Crippen molar-refractivity contribution in [2.24, 2.45) is 0 Å². The Morgan fingerprint density at radius 1 is 1.21 bits per heavy atom. The van der Waals surface area contributed by atoms with Crippen molar-refractivity contribution in [2.45, 2.75) is 25.8 Å². The number of likely N-dealkylation sites (N-methyl/N-ethyl adjacent to an activating group) is 2. The van der Waals surface area contributed by atoms with Crippen LogP contribution in [0.5, 0.6) is 0 Å². The van der Waals surface area contributed by atoms with Crippen molar-refractivity contribution in [3.8, 4) is 0 Å². The highest BCUT2D eigenvalue weighted by Crippen LogP contribution is 2.42.